The maximum Gasteiger partial charge on any atom is 0.135 e. The summed E-state index contributed by atoms with van der Waals surface area (Å²) in [7, 11) is 0. The van der Waals surface area contributed by atoms with E-state index >= 15 is 0 Å². The Morgan fingerprint density at radius 2 is 0.701 bits per heavy atom. The fourth-order valence-electron chi connectivity index (χ4n) is 12.1. The summed E-state index contributed by atoms with van der Waals surface area (Å²) in [5, 5.41) is 14.8. The SMILES string of the molecule is C1=CC2c3ccc(-c4c5ccccc5c(-n5c6ccccc6c6ccccc65)c5ccccc45)cc3OC2C(c2c3ccccc3c(-n3c4ccccc4c4ccccc43)c3ccccc23)=C1. The van der Waals surface area contributed by atoms with Crippen molar-refractivity contribution in [2.24, 2.45) is 0 Å². The lowest BCUT2D eigenvalue weighted by Gasteiger charge is -2.26. The maximum atomic E-state index is 7.33. The van der Waals surface area contributed by atoms with Crippen LogP contribution in [-0.2, 0) is 0 Å². The number of nitrogens with zero attached hydrogens (tertiary/aromatic N) is 2. The standard InChI is InChI=1S/C64H40N2O/c1-5-26-49-45(22-1)60(46-23-2-6-27-50(46)62(49)65-55-32-13-9-18-40(55)41-19-10-14-33-56(41)65)39-36-37-44-53-30-17-31-54(64(53)67-59(44)38-39)61-47-24-3-7-28-51(47)63(52-29-8-4-25-48(52)61)66-57-34-15-11-20-42(57)43-21-12-16-35-58(43)66/h1-38,53,64H. The van der Waals surface area contributed by atoms with Crippen LogP contribution in [0.4, 0.5) is 0 Å². The van der Waals surface area contributed by atoms with E-state index in [-0.39, 0.29) is 12.0 Å². The van der Waals surface area contributed by atoms with Crippen LogP contribution in [0.15, 0.2) is 231 Å². The van der Waals surface area contributed by atoms with Crippen LogP contribution >= 0.6 is 0 Å². The van der Waals surface area contributed by atoms with Gasteiger partial charge >= 0.3 is 0 Å². The quantitative estimate of drug-likeness (QED) is 0.161. The molecule has 2 unspecified atom stereocenters. The fraction of sp³-hybridized carbons (Fsp3) is 0.0312. The van der Waals surface area contributed by atoms with Crippen LogP contribution in [-0.4, -0.2) is 15.2 Å². The molecular weight excluding hydrogens is 813 g/mol. The average molecular weight is 853 g/mol. The highest BCUT2D eigenvalue weighted by atomic mass is 16.5. The van der Waals surface area contributed by atoms with Crippen molar-refractivity contribution in [3.8, 4) is 28.3 Å². The highest BCUT2D eigenvalue weighted by Crippen LogP contribution is 2.52. The number of rotatable bonds is 4. The van der Waals surface area contributed by atoms with Crippen LogP contribution in [0.25, 0.3) is 115 Å². The van der Waals surface area contributed by atoms with E-state index in [0.717, 1.165) is 11.3 Å². The lowest BCUT2D eigenvalue weighted by molar-refractivity contribution is 0.278. The summed E-state index contributed by atoms with van der Waals surface area (Å²) in [6, 6.07) is 78.1. The van der Waals surface area contributed by atoms with Crippen molar-refractivity contribution in [2.75, 3.05) is 0 Å². The number of aromatic nitrogens is 2. The van der Waals surface area contributed by atoms with Crippen LogP contribution in [0.5, 0.6) is 5.75 Å². The summed E-state index contributed by atoms with van der Waals surface area (Å²) in [4.78, 5) is 0. The first kappa shape index (κ1) is 36.7. The Hall–Kier alpha value is -8.66. The molecule has 0 saturated carbocycles. The topological polar surface area (TPSA) is 19.1 Å². The summed E-state index contributed by atoms with van der Waals surface area (Å²) in [6.07, 6.45) is 6.70. The van der Waals surface area contributed by atoms with Crippen molar-refractivity contribution in [2.45, 2.75) is 12.0 Å². The van der Waals surface area contributed by atoms with Gasteiger partial charge in [-0.15, -0.1) is 0 Å². The first-order valence-electron chi connectivity index (χ1n) is 23.3. The molecule has 2 aromatic heterocycles. The lowest BCUT2D eigenvalue weighted by Crippen LogP contribution is -2.22. The lowest BCUT2D eigenvalue weighted by atomic mass is 9.80. The summed E-state index contributed by atoms with van der Waals surface area (Å²) in [5.41, 5.74) is 13.3. The smallest absolute Gasteiger partial charge is 0.135 e. The predicted octanol–water partition coefficient (Wildman–Crippen LogP) is 16.7. The van der Waals surface area contributed by atoms with E-state index in [0.29, 0.717) is 0 Å². The van der Waals surface area contributed by atoms with Crippen molar-refractivity contribution in [3.63, 3.8) is 0 Å². The Morgan fingerprint density at radius 3 is 1.12 bits per heavy atom. The van der Waals surface area contributed by atoms with Crippen molar-refractivity contribution in [1.82, 2.24) is 9.13 Å². The first-order valence-corrected chi connectivity index (χ1v) is 23.3. The van der Waals surface area contributed by atoms with E-state index in [1.807, 2.05) is 0 Å². The second kappa shape index (κ2) is 13.9. The molecule has 1 aliphatic carbocycles. The van der Waals surface area contributed by atoms with Crippen molar-refractivity contribution < 1.29 is 4.74 Å². The van der Waals surface area contributed by atoms with Gasteiger partial charge in [0.1, 0.15) is 11.9 Å². The number of para-hydroxylation sites is 4. The van der Waals surface area contributed by atoms with Gasteiger partial charge in [0, 0.05) is 60.1 Å². The van der Waals surface area contributed by atoms with Crippen molar-refractivity contribution in [1.29, 1.82) is 0 Å². The Balaban J connectivity index is 0.904. The molecule has 3 nitrogen and oxygen atoms in total. The second-order valence-electron chi connectivity index (χ2n) is 18.2. The average Bonchev–Trinajstić information content (AvgIpc) is 4.05. The third-order valence-corrected chi connectivity index (χ3v) is 14.8. The van der Waals surface area contributed by atoms with E-state index in [2.05, 4.69) is 240 Å². The molecule has 67 heavy (non-hydrogen) atoms. The zero-order chi connectivity index (χ0) is 43.7. The number of ether oxygens (including phenoxy) is 1. The molecule has 13 aromatic rings. The summed E-state index contributed by atoms with van der Waals surface area (Å²) < 4.78 is 12.3. The van der Waals surface area contributed by atoms with Gasteiger partial charge < -0.3 is 13.9 Å². The molecule has 0 amide bonds. The van der Waals surface area contributed by atoms with Crippen molar-refractivity contribution >= 4 is 92.3 Å². The van der Waals surface area contributed by atoms with Gasteiger partial charge in [-0.25, -0.2) is 0 Å². The molecule has 2 atom stereocenters. The third-order valence-electron chi connectivity index (χ3n) is 14.8. The van der Waals surface area contributed by atoms with Gasteiger partial charge in [-0.3, -0.25) is 0 Å². The Kier molecular flexibility index (Phi) is 7.62. The third kappa shape index (κ3) is 5.06. The normalized spacial score (nSPS) is 15.6. The second-order valence-corrected chi connectivity index (χ2v) is 18.2. The number of benzene rings is 11. The largest absolute Gasteiger partial charge is 0.484 e. The summed E-state index contributed by atoms with van der Waals surface area (Å²) in [6.45, 7) is 0. The van der Waals surface area contributed by atoms with Gasteiger partial charge in [-0.1, -0.05) is 200 Å². The van der Waals surface area contributed by atoms with Gasteiger partial charge in [-0.2, -0.15) is 0 Å². The van der Waals surface area contributed by atoms with Gasteiger partial charge in [0.15, 0.2) is 0 Å². The van der Waals surface area contributed by atoms with Crippen LogP contribution < -0.4 is 4.74 Å². The molecule has 11 aromatic carbocycles. The van der Waals surface area contributed by atoms with Gasteiger partial charge in [0.05, 0.1) is 33.4 Å². The Morgan fingerprint density at radius 1 is 0.343 bits per heavy atom. The van der Waals surface area contributed by atoms with E-state index in [9.17, 15) is 0 Å². The number of allylic oxidation sites excluding steroid dienone is 2. The minimum atomic E-state index is -0.188. The fourth-order valence-corrected chi connectivity index (χ4v) is 12.1. The Labute approximate surface area is 386 Å². The van der Waals surface area contributed by atoms with Crippen LogP contribution in [0.1, 0.15) is 17.0 Å². The number of hydrogen-bond acceptors (Lipinski definition) is 1. The van der Waals surface area contributed by atoms with E-state index in [4.69, 9.17) is 4.74 Å². The van der Waals surface area contributed by atoms with E-state index in [1.165, 1.54) is 120 Å². The number of fused-ring (bicyclic) bond motifs is 13. The zero-order valence-corrected chi connectivity index (χ0v) is 36.4. The molecular formula is C64H40N2O. The molecule has 0 N–H and O–H groups in total. The molecule has 3 heterocycles. The molecule has 0 saturated heterocycles. The molecule has 0 bridgehead atoms. The summed E-state index contributed by atoms with van der Waals surface area (Å²) >= 11 is 0. The van der Waals surface area contributed by atoms with Gasteiger partial charge in [-0.05, 0) is 68.6 Å². The van der Waals surface area contributed by atoms with Crippen LogP contribution in [0, 0.1) is 0 Å². The van der Waals surface area contributed by atoms with Crippen molar-refractivity contribution in [3.05, 3.63) is 242 Å². The maximum absolute atomic E-state index is 7.33. The molecule has 1 aliphatic heterocycles. The van der Waals surface area contributed by atoms with E-state index < -0.39 is 0 Å². The Bertz CT molecular complexity index is 4110. The minimum Gasteiger partial charge on any atom is -0.484 e. The van der Waals surface area contributed by atoms with Crippen LogP contribution in [0.2, 0.25) is 0 Å². The minimum absolute atomic E-state index is 0.0738. The zero-order valence-electron chi connectivity index (χ0n) is 36.4. The number of hydrogen-bond donors (Lipinski definition) is 0. The molecule has 15 rings (SSSR count). The molecule has 2 aliphatic rings. The monoisotopic (exact) mass is 852 g/mol. The first-order chi connectivity index (χ1) is 33.3. The van der Waals surface area contributed by atoms with E-state index in [1.54, 1.807) is 0 Å². The van der Waals surface area contributed by atoms with Crippen LogP contribution in [0.3, 0.4) is 0 Å². The van der Waals surface area contributed by atoms with Gasteiger partial charge in [0.25, 0.3) is 0 Å². The predicted molar refractivity (Wildman–Crippen MR) is 281 cm³/mol. The molecule has 0 radical (unpaired) electrons. The molecule has 3 heteroatoms. The molecule has 0 spiro atoms. The highest BCUT2D eigenvalue weighted by molar-refractivity contribution is 6.22. The molecule has 0 fully saturated rings. The van der Waals surface area contributed by atoms with Gasteiger partial charge in [0.2, 0.25) is 0 Å². The molecule has 312 valence electrons. The highest BCUT2D eigenvalue weighted by Gasteiger charge is 2.39. The summed E-state index contributed by atoms with van der Waals surface area (Å²) in [5.74, 6) is 1.02.